The maximum atomic E-state index is 5.33. The summed E-state index contributed by atoms with van der Waals surface area (Å²) in [4.78, 5) is 9.01. The lowest BCUT2D eigenvalue weighted by Crippen LogP contribution is -2.25. The van der Waals surface area contributed by atoms with Crippen LogP contribution in [0.1, 0.15) is 11.3 Å². The second kappa shape index (κ2) is 4.08. The highest BCUT2D eigenvalue weighted by Gasteiger charge is 2.13. The molecule has 0 spiro atoms. The molecule has 3 heterocycles. The Labute approximate surface area is 103 Å². The Morgan fingerprint density at radius 2 is 2.38 bits per heavy atom. The molecular weight excluding hydrogens is 238 g/mol. The summed E-state index contributed by atoms with van der Waals surface area (Å²) in [6, 6.07) is 4.09. The molecule has 16 heavy (non-hydrogen) atoms. The van der Waals surface area contributed by atoms with Gasteiger partial charge in [0.15, 0.2) is 0 Å². The molecule has 0 saturated carbocycles. The summed E-state index contributed by atoms with van der Waals surface area (Å²) >= 11 is 7.01. The van der Waals surface area contributed by atoms with Gasteiger partial charge in [-0.2, -0.15) is 0 Å². The van der Waals surface area contributed by atoms with Crippen LogP contribution in [0, 0.1) is 4.64 Å². The highest BCUT2D eigenvalue weighted by atomic mass is 32.1. The molecule has 0 bridgehead atoms. The second-order valence-corrected chi connectivity index (χ2v) is 5.09. The van der Waals surface area contributed by atoms with Crippen LogP contribution in [-0.4, -0.2) is 16.5 Å². The quantitative estimate of drug-likeness (QED) is 0.763. The molecule has 1 aliphatic rings. The first-order valence-electron chi connectivity index (χ1n) is 5.21. The van der Waals surface area contributed by atoms with Crippen molar-refractivity contribution in [3.63, 3.8) is 0 Å². The van der Waals surface area contributed by atoms with Crippen LogP contribution in [0.25, 0.3) is 10.7 Å². The largest absolute Gasteiger partial charge is 0.342 e. The fraction of sp³-hybridized carbons (Fsp3) is 0.273. The number of fused-ring (bicyclic) bond motifs is 1. The van der Waals surface area contributed by atoms with E-state index in [4.69, 9.17) is 12.2 Å². The lowest BCUT2D eigenvalue weighted by molar-refractivity contribution is 0.625. The number of hydrogen-bond donors (Lipinski definition) is 2. The Morgan fingerprint density at radius 1 is 1.44 bits per heavy atom. The van der Waals surface area contributed by atoms with Gasteiger partial charge in [-0.3, -0.25) is 0 Å². The molecule has 0 saturated heterocycles. The Kier molecular flexibility index (Phi) is 2.59. The number of hydrogen-bond acceptors (Lipinski definition) is 4. The van der Waals surface area contributed by atoms with Gasteiger partial charge >= 0.3 is 0 Å². The lowest BCUT2D eigenvalue weighted by atomic mass is 10.1. The Balaban J connectivity index is 2.16. The number of aromatic nitrogens is 2. The van der Waals surface area contributed by atoms with Crippen molar-refractivity contribution in [2.75, 3.05) is 6.54 Å². The van der Waals surface area contributed by atoms with E-state index in [0.29, 0.717) is 0 Å². The zero-order chi connectivity index (χ0) is 11.0. The average Bonchev–Trinajstić information content (AvgIpc) is 2.82. The summed E-state index contributed by atoms with van der Waals surface area (Å²) in [7, 11) is 0. The van der Waals surface area contributed by atoms with Gasteiger partial charge in [-0.15, -0.1) is 11.3 Å². The molecule has 0 amide bonds. The van der Waals surface area contributed by atoms with E-state index >= 15 is 0 Å². The molecule has 3 nitrogen and oxygen atoms in total. The van der Waals surface area contributed by atoms with E-state index < -0.39 is 0 Å². The smallest absolute Gasteiger partial charge is 0.149 e. The lowest BCUT2D eigenvalue weighted by Gasteiger charge is -2.17. The van der Waals surface area contributed by atoms with Gasteiger partial charge in [0.2, 0.25) is 0 Å². The van der Waals surface area contributed by atoms with Gasteiger partial charge in [0.1, 0.15) is 10.5 Å². The minimum atomic E-state index is 0.726. The van der Waals surface area contributed by atoms with Crippen molar-refractivity contribution in [2.24, 2.45) is 0 Å². The number of nitrogens with zero attached hydrogens (tertiary/aromatic N) is 1. The molecule has 2 aromatic heterocycles. The number of rotatable bonds is 1. The first-order valence-corrected chi connectivity index (χ1v) is 6.50. The predicted octanol–water partition coefficient (Wildman–Crippen LogP) is 2.51. The number of H-pyrrole nitrogens is 1. The predicted molar refractivity (Wildman–Crippen MR) is 68.1 cm³/mol. The Bertz CT molecular complexity index is 557. The minimum Gasteiger partial charge on any atom is -0.342 e. The van der Waals surface area contributed by atoms with Crippen molar-refractivity contribution in [2.45, 2.75) is 13.0 Å². The summed E-state index contributed by atoms with van der Waals surface area (Å²) in [6.07, 6.45) is 1.000. The van der Waals surface area contributed by atoms with Crippen molar-refractivity contribution >= 4 is 23.6 Å². The van der Waals surface area contributed by atoms with E-state index in [0.717, 1.165) is 40.4 Å². The summed E-state index contributed by atoms with van der Waals surface area (Å²) in [6.45, 7) is 1.84. The van der Waals surface area contributed by atoms with E-state index in [9.17, 15) is 0 Å². The second-order valence-electron chi connectivity index (χ2n) is 3.75. The van der Waals surface area contributed by atoms with Gasteiger partial charge in [-0.25, -0.2) is 4.98 Å². The topological polar surface area (TPSA) is 40.7 Å². The van der Waals surface area contributed by atoms with Crippen LogP contribution in [0.4, 0.5) is 0 Å². The van der Waals surface area contributed by atoms with Crippen molar-refractivity contribution < 1.29 is 0 Å². The molecule has 1 aliphatic heterocycles. The van der Waals surface area contributed by atoms with Gasteiger partial charge in [-0.05, 0) is 11.4 Å². The highest BCUT2D eigenvalue weighted by molar-refractivity contribution is 7.71. The Hall–Kier alpha value is -1.04. The average molecular weight is 249 g/mol. The van der Waals surface area contributed by atoms with Crippen LogP contribution < -0.4 is 5.32 Å². The first kappa shape index (κ1) is 10.1. The van der Waals surface area contributed by atoms with Gasteiger partial charge in [-0.1, -0.05) is 18.3 Å². The van der Waals surface area contributed by atoms with Gasteiger partial charge < -0.3 is 10.3 Å². The van der Waals surface area contributed by atoms with Crippen molar-refractivity contribution in [3.8, 4) is 10.7 Å². The van der Waals surface area contributed by atoms with Crippen LogP contribution in [0.5, 0.6) is 0 Å². The molecule has 0 aromatic carbocycles. The Morgan fingerprint density at radius 3 is 3.19 bits per heavy atom. The SMILES string of the molecule is S=c1nc(-c2cccs2)[nH]c2c1CNCC2. The zero-order valence-electron chi connectivity index (χ0n) is 8.62. The van der Waals surface area contributed by atoms with Gasteiger partial charge in [0, 0.05) is 30.8 Å². The van der Waals surface area contributed by atoms with E-state index in [2.05, 4.69) is 26.7 Å². The standard InChI is InChI=1S/C11H11N3S2/c15-11-7-6-12-4-3-8(7)13-10(14-11)9-2-1-5-16-9/h1-2,5,12H,3-4,6H2,(H,13,14,15). The molecule has 0 fully saturated rings. The highest BCUT2D eigenvalue weighted by Crippen LogP contribution is 2.23. The molecule has 0 aliphatic carbocycles. The molecule has 2 N–H and O–H groups in total. The fourth-order valence-electron chi connectivity index (χ4n) is 1.90. The summed E-state index contributed by atoms with van der Waals surface area (Å²) < 4.78 is 0.726. The fourth-order valence-corrected chi connectivity index (χ4v) is 2.85. The van der Waals surface area contributed by atoms with Crippen LogP contribution >= 0.6 is 23.6 Å². The maximum absolute atomic E-state index is 5.33. The molecule has 0 radical (unpaired) electrons. The van der Waals surface area contributed by atoms with Crippen LogP contribution in [0.2, 0.25) is 0 Å². The van der Waals surface area contributed by atoms with Crippen LogP contribution in [0.15, 0.2) is 17.5 Å². The summed E-state index contributed by atoms with van der Waals surface area (Å²) in [5.41, 5.74) is 2.39. The van der Waals surface area contributed by atoms with Crippen LogP contribution in [0.3, 0.4) is 0 Å². The van der Waals surface area contributed by atoms with E-state index in [-0.39, 0.29) is 0 Å². The number of aromatic amines is 1. The van der Waals surface area contributed by atoms with E-state index in [1.165, 1.54) is 5.69 Å². The van der Waals surface area contributed by atoms with Gasteiger partial charge in [0.25, 0.3) is 0 Å². The number of thiophene rings is 1. The van der Waals surface area contributed by atoms with E-state index in [1.807, 2.05) is 6.07 Å². The molecule has 2 aromatic rings. The van der Waals surface area contributed by atoms with Crippen molar-refractivity contribution in [1.82, 2.24) is 15.3 Å². The molecular formula is C11H11N3S2. The van der Waals surface area contributed by atoms with Crippen LogP contribution in [-0.2, 0) is 13.0 Å². The minimum absolute atomic E-state index is 0.726. The molecule has 0 atom stereocenters. The zero-order valence-corrected chi connectivity index (χ0v) is 10.3. The first-order chi connectivity index (χ1) is 7.84. The molecule has 3 rings (SSSR count). The summed E-state index contributed by atoms with van der Waals surface area (Å²) in [5.74, 6) is 0.903. The molecule has 5 heteroatoms. The summed E-state index contributed by atoms with van der Waals surface area (Å²) in [5, 5.41) is 5.36. The molecule has 0 unspecified atom stereocenters. The van der Waals surface area contributed by atoms with Gasteiger partial charge in [0.05, 0.1) is 4.88 Å². The third-order valence-electron chi connectivity index (χ3n) is 2.71. The monoisotopic (exact) mass is 249 g/mol. The maximum Gasteiger partial charge on any atom is 0.149 e. The van der Waals surface area contributed by atoms with E-state index in [1.54, 1.807) is 11.3 Å². The van der Waals surface area contributed by atoms with Crippen molar-refractivity contribution in [3.05, 3.63) is 33.4 Å². The third-order valence-corrected chi connectivity index (χ3v) is 3.93. The third kappa shape index (κ3) is 1.71. The van der Waals surface area contributed by atoms with Crippen molar-refractivity contribution in [1.29, 1.82) is 0 Å². The molecule has 82 valence electrons. The normalized spacial score (nSPS) is 14.8. The number of nitrogens with one attached hydrogen (secondary N) is 2.